The van der Waals surface area contributed by atoms with Crippen LogP contribution in [-0.4, -0.2) is 87.9 Å². The van der Waals surface area contributed by atoms with Crippen molar-refractivity contribution >= 4 is 5.96 Å². The number of hydrogen-bond donors (Lipinski definition) is 2. The lowest BCUT2D eigenvalue weighted by atomic mass is 10.0. The van der Waals surface area contributed by atoms with Gasteiger partial charge in [-0.2, -0.15) is 0 Å². The number of piperazine rings is 1. The molecule has 0 aromatic rings. The van der Waals surface area contributed by atoms with Gasteiger partial charge in [-0.1, -0.05) is 13.8 Å². The first kappa shape index (κ1) is 20.2. The van der Waals surface area contributed by atoms with Crippen molar-refractivity contribution in [3.05, 3.63) is 0 Å². The van der Waals surface area contributed by atoms with Gasteiger partial charge in [0.2, 0.25) is 0 Å². The summed E-state index contributed by atoms with van der Waals surface area (Å²) in [6.07, 6.45) is 0. The minimum Gasteiger partial charge on any atom is -0.380 e. The van der Waals surface area contributed by atoms with E-state index in [-0.39, 0.29) is 0 Å². The Morgan fingerprint density at radius 2 is 1.83 bits per heavy atom. The van der Waals surface area contributed by atoms with Crippen LogP contribution in [0.25, 0.3) is 0 Å². The number of likely N-dealkylation sites (N-methyl/N-ethyl adjacent to an activating group) is 1. The topological polar surface area (TPSA) is 52.1 Å². The van der Waals surface area contributed by atoms with Crippen LogP contribution in [0.5, 0.6) is 0 Å². The zero-order valence-corrected chi connectivity index (χ0v) is 15.8. The smallest absolute Gasteiger partial charge is 0.191 e. The van der Waals surface area contributed by atoms with Crippen molar-refractivity contribution in [3.63, 3.8) is 0 Å². The summed E-state index contributed by atoms with van der Waals surface area (Å²) >= 11 is 0. The van der Waals surface area contributed by atoms with E-state index in [1.165, 1.54) is 0 Å². The van der Waals surface area contributed by atoms with Crippen LogP contribution in [0.4, 0.5) is 0 Å². The monoisotopic (exact) mass is 327 g/mol. The van der Waals surface area contributed by atoms with E-state index in [2.05, 4.69) is 48.3 Å². The van der Waals surface area contributed by atoms with Crippen molar-refractivity contribution in [1.82, 2.24) is 20.4 Å². The lowest BCUT2D eigenvalue weighted by Gasteiger charge is -2.39. The highest BCUT2D eigenvalue weighted by Gasteiger charge is 2.24. The number of aliphatic imine (C=N–C) groups is 1. The lowest BCUT2D eigenvalue weighted by Crippen LogP contribution is -2.52. The molecule has 0 saturated carbocycles. The molecule has 6 heteroatoms. The van der Waals surface area contributed by atoms with Gasteiger partial charge in [-0.05, 0) is 26.8 Å². The van der Waals surface area contributed by atoms with E-state index in [0.29, 0.717) is 18.6 Å². The van der Waals surface area contributed by atoms with Crippen LogP contribution in [0, 0.1) is 5.92 Å². The van der Waals surface area contributed by atoms with Gasteiger partial charge < -0.3 is 20.3 Å². The number of hydrogen-bond acceptors (Lipinski definition) is 4. The quantitative estimate of drug-likeness (QED) is 0.374. The largest absolute Gasteiger partial charge is 0.380 e. The predicted molar refractivity (Wildman–Crippen MR) is 98.2 cm³/mol. The van der Waals surface area contributed by atoms with Crippen molar-refractivity contribution in [2.45, 2.75) is 33.7 Å². The number of guanidine groups is 1. The molecule has 0 radical (unpaired) electrons. The maximum Gasteiger partial charge on any atom is 0.191 e. The molecule has 136 valence electrons. The number of nitrogens with zero attached hydrogens (tertiary/aromatic N) is 3. The summed E-state index contributed by atoms with van der Waals surface area (Å²) in [5, 5.41) is 6.67. The van der Waals surface area contributed by atoms with Gasteiger partial charge in [-0.15, -0.1) is 0 Å². The summed E-state index contributed by atoms with van der Waals surface area (Å²) in [5.74, 6) is 1.50. The van der Waals surface area contributed by atoms with Crippen LogP contribution < -0.4 is 10.6 Å². The van der Waals surface area contributed by atoms with Crippen LogP contribution in [0.15, 0.2) is 4.99 Å². The fourth-order valence-corrected chi connectivity index (χ4v) is 2.81. The minimum absolute atomic E-state index is 0.506. The van der Waals surface area contributed by atoms with Gasteiger partial charge in [-0.25, -0.2) is 0 Å². The second-order valence-electron chi connectivity index (χ2n) is 6.49. The molecule has 1 heterocycles. The Kier molecular flexibility index (Phi) is 10.2. The van der Waals surface area contributed by atoms with Gasteiger partial charge in [0.15, 0.2) is 5.96 Å². The Labute approximate surface area is 142 Å². The predicted octanol–water partition coefficient (Wildman–Crippen LogP) is 0.850. The summed E-state index contributed by atoms with van der Waals surface area (Å²) < 4.78 is 5.37. The molecule has 1 aliphatic heterocycles. The summed E-state index contributed by atoms with van der Waals surface area (Å²) in [5.41, 5.74) is 0. The SMILES string of the molecule is CCNC(=NCC(C(C)C)N1CCN(C)CC1)NCCOCC. The van der Waals surface area contributed by atoms with Gasteiger partial charge in [-0.3, -0.25) is 9.89 Å². The molecule has 23 heavy (non-hydrogen) atoms. The van der Waals surface area contributed by atoms with Crippen LogP contribution in [0.1, 0.15) is 27.7 Å². The van der Waals surface area contributed by atoms with Gasteiger partial charge in [0.05, 0.1) is 13.2 Å². The van der Waals surface area contributed by atoms with Crippen molar-refractivity contribution in [1.29, 1.82) is 0 Å². The third kappa shape index (κ3) is 7.99. The van der Waals surface area contributed by atoms with Crippen LogP contribution in [-0.2, 0) is 4.74 Å². The molecule has 0 bridgehead atoms. The van der Waals surface area contributed by atoms with Gasteiger partial charge >= 0.3 is 0 Å². The summed E-state index contributed by atoms with van der Waals surface area (Å²) in [4.78, 5) is 9.80. The van der Waals surface area contributed by atoms with E-state index in [1.54, 1.807) is 0 Å². The molecule has 0 spiro atoms. The van der Waals surface area contributed by atoms with Gasteiger partial charge in [0, 0.05) is 51.9 Å². The third-order valence-corrected chi connectivity index (χ3v) is 4.30. The minimum atomic E-state index is 0.506. The number of nitrogens with one attached hydrogen (secondary N) is 2. The molecule has 1 atom stereocenters. The van der Waals surface area contributed by atoms with E-state index in [0.717, 1.165) is 58.4 Å². The van der Waals surface area contributed by atoms with Gasteiger partial charge in [0.1, 0.15) is 0 Å². The molecule has 6 nitrogen and oxygen atoms in total. The van der Waals surface area contributed by atoms with Crippen molar-refractivity contribution in [2.24, 2.45) is 10.9 Å². The normalized spacial score (nSPS) is 19.1. The first-order chi connectivity index (χ1) is 11.1. The van der Waals surface area contributed by atoms with E-state index in [9.17, 15) is 0 Å². The zero-order valence-electron chi connectivity index (χ0n) is 15.8. The molecule has 0 amide bonds. The Bertz CT molecular complexity index is 327. The van der Waals surface area contributed by atoms with E-state index < -0.39 is 0 Å². The fraction of sp³-hybridized carbons (Fsp3) is 0.941. The summed E-state index contributed by atoms with van der Waals surface area (Å²) in [6.45, 7) is 17.3. The highest BCUT2D eigenvalue weighted by Crippen LogP contribution is 2.13. The Morgan fingerprint density at radius 3 is 2.39 bits per heavy atom. The molecule has 1 unspecified atom stereocenters. The molecule has 0 aliphatic carbocycles. The molecule has 2 N–H and O–H groups in total. The molecule has 0 aromatic carbocycles. The molecule has 0 aromatic heterocycles. The van der Waals surface area contributed by atoms with Crippen molar-refractivity contribution < 1.29 is 4.74 Å². The van der Waals surface area contributed by atoms with Crippen LogP contribution in [0.2, 0.25) is 0 Å². The fourth-order valence-electron chi connectivity index (χ4n) is 2.81. The number of rotatable bonds is 9. The maximum absolute atomic E-state index is 5.37. The maximum atomic E-state index is 5.37. The molecular formula is C17H37N5O. The van der Waals surface area contributed by atoms with Crippen LogP contribution in [0.3, 0.4) is 0 Å². The zero-order chi connectivity index (χ0) is 17.1. The standard InChI is InChI=1S/C17H37N5O/c1-6-18-17(19-8-13-23-7-2)20-14-16(15(3)4)22-11-9-21(5)10-12-22/h15-16H,6-14H2,1-5H3,(H2,18,19,20). The molecule has 1 saturated heterocycles. The molecular weight excluding hydrogens is 290 g/mol. The first-order valence-electron chi connectivity index (χ1n) is 9.11. The van der Waals surface area contributed by atoms with Crippen LogP contribution >= 0.6 is 0 Å². The second-order valence-corrected chi connectivity index (χ2v) is 6.49. The van der Waals surface area contributed by atoms with Crippen molar-refractivity contribution in [3.8, 4) is 0 Å². The first-order valence-corrected chi connectivity index (χ1v) is 9.11. The van der Waals surface area contributed by atoms with E-state index in [1.807, 2.05) is 6.92 Å². The highest BCUT2D eigenvalue weighted by molar-refractivity contribution is 5.79. The Balaban J connectivity index is 2.53. The summed E-state index contributed by atoms with van der Waals surface area (Å²) in [7, 11) is 2.20. The lowest BCUT2D eigenvalue weighted by molar-refractivity contribution is 0.0925. The second kappa shape index (κ2) is 11.6. The average Bonchev–Trinajstić information content (AvgIpc) is 2.53. The average molecular weight is 328 g/mol. The summed E-state index contributed by atoms with van der Waals surface area (Å²) in [6, 6.07) is 0.506. The molecule has 1 fully saturated rings. The van der Waals surface area contributed by atoms with E-state index >= 15 is 0 Å². The van der Waals surface area contributed by atoms with Crippen molar-refractivity contribution in [2.75, 3.05) is 66.1 Å². The Morgan fingerprint density at radius 1 is 1.13 bits per heavy atom. The number of ether oxygens (including phenoxy) is 1. The van der Waals surface area contributed by atoms with E-state index in [4.69, 9.17) is 9.73 Å². The Hall–Kier alpha value is -0.850. The third-order valence-electron chi connectivity index (χ3n) is 4.30. The molecule has 1 rings (SSSR count). The molecule has 1 aliphatic rings. The van der Waals surface area contributed by atoms with Gasteiger partial charge in [0.25, 0.3) is 0 Å². The highest BCUT2D eigenvalue weighted by atomic mass is 16.5.